The van der Waals surface area contributed by atoms with Crippen LogP contribution in [0.2, 0.25) is 0 Å². The highest BCUT2D eigenvalue weighted by atomic mass is 32.1. The number of thiophene rings is 1. The van der Waals surface area contributed by atoms with E-state index in [1.165, 1.54) is 28.7 Å². The molecule has 0 saturated carbocycles. The number of aromatic nitrogens is 1. The molecule has 2 aromatic heterocycles. The number of halogens is 2. The Balaban J connectivity index is 1.76. The van der Waals surface area contributed by atoms with Gasteiger partial charge < -0.3 is 9.64 Å². The summed E-state index contributed by atoms with van der Waals surface area (Å²) in [6, 6.07) is 5.19. The summed E-state index contributed by atoms with van der Waals surface area (Å²) in [5.41, 5.74) is 0.397. The van der Waals surface area contributed by atoms with E-state index in [1.807, 2.05) is 19.0 Å². The first kappa shape index (κ1) is 16.8. The number of hydrogen-bond acceptors (Lipinski definition) is 6. The Morgan fingerprint density at radius 3 is 2.58 bits per heavy atom. The number of fused-ring (bicyclic) bond motifs is 1. The second-order valence-electron chi connectivity index (χ2n) is 5.39. The van der Waals surface area contributed by atoms with Gasteiger partial charge in [0.2, 0.25) is 0 Å². The van der Waals surface area contributed by atoms with E-state index in [-0.39, 0.29) is 0 Å². The second-order valence-corrected chi connectivity index (χ2v) is 7.43. The van der Waals surface area contributed by atoms with Crippen LogP contribution in [0.4, 0.5) is 13.9 Å². The molecule has 4 nitrogen and oxygen atoms in total. The van der Waals surface area contributed by atoms with Crippen LogP contribution in [0.25, 0.3) is 9.53 Å². The Morgan fingerprint density at radius 1 is 1.21 bits per heavy atom. The lowest BCUT2D eigenvalue weighted by Crippen LogP contribution is -2.08. The van der Waals surface area contributed by atoms with Crippen molar-refractivity contribution in [3.8, 4) is 0 Å². The predicted octanol–water partition coefficient (Wildman–Crippen LogP) is 4.62. The summed E-state index contributed by atoms with van der Waals surface area (Å²) in [5.74, 6) is -2.40. The molecule has 1 aromatic carbocycles. The molecular formula is C16H14F2N2O2S2. The van der Waals surface area contributed by atoms with Crippen molar-refractivity contribution in [2.24, 2.45) is 0 Å². The van der Waals surface area contributed by atoms with Crippen molar-refractivity contribution in [3.05, 3.63) is 46.3 Å². The molecule has 1 atom stereocenters. The largest absolute Gasteiger partial charge is 0.454 e. The van der Waals surface area contributed by atoms with Crippen molar-refractivity contribution in [3.63, 3.8) is 0 Å². The van der Waals surface area contributed by atoms with Crippen molar-refractivity contribution in [1.82, 2.24) is 4.98 Å². The van der Waals surface area contributed by atoms with Gasteiger partial charge in [-0.15, -0.1) is 11.3 Å². The highest BCUT2D eigenvalue weighted by molar-refractivity contribution is 7.29. The fraction of sp³-hybridized carbons (Fsp3) is 0.250. The van der Waals surface area contributed by atoms with Crippen LogP contribution in [0.1, 0.15) is 28.3 Å². The van der Waals surface area contributed by atoms with E-state index in [9.17, 15) is 13.6 Å². The summed E-state index contributed by atoms with van der Waals surface area (Å²) in [7, 11) is 3.81. The maximum atomic E-state index is 13.3. The summed E-state index contributed by atoms with van der Waals surface area (Å²) in [4.78, 5) is 19.8. The van der Waals surface area contributed by atoms with Gasteiger partial charge in [0.1, 0.15) is 15.8 Å². The normalized spacial score (nSPS) is 12.4. The molecular weight excluding hydrogens is 354 g/mol. The number of thiazole rings is 1. The number of anilines is 1. The van der Waals surface area contributed by atoms with Gasteiger partial charge in [-0.25, -0.2) is 18.6 Å². The summed E-state index contributed by atoms with van der Waals surface area (Å²) >= 11 is 2.74. The van der Waals surface area contributed by atoms with Crippen LogP contribution in [-0.4, -0.2) is 25.0 Å². The molecule has 0 saturated heterocycles. The fourth-order valence-electron chi connectivity index (χ4n) is 2.07. The zero-order chi connectivity index (χ0) is 17.4. The average Bonchev–Trinajstić information content (AvgIpc) is 3.08. The van der Waals surface area contributed by atoms with Gasteiger partial charge in [0.25, 0.3) is 0 Å². The lowest BCUT2D eigenvalue weighted by atomic mass is 10.1. The highest BCUT2D eigenvalue weighted by Crippen LogP contribution is 2.34. The predicted molar refractivity (Wildman–Crippen MR) is 92.0 cm³/mol. The third-order valence-electron chi connectivity index (χ3n) is 3.36. The zero-order valence-electron chi connectivity index (χ0n) is 13.2. The number of nitrogens with zero attached hydrogens (tertiary/aromatic N) is 2. The van der Waals surface area contributed by atoms with Gasteiger partial charge >= 0.3 is 5.97 Å². The maximum absolute atomic E-state index is 13.3. The fourth-order valence-corrected chi connectivity index (χ4v) is 4.08. The summed E-state index contributed by atoms with van der Waals surface area (Å²) in [6.07, 6.45) is -0.682. The van der Waals surface area contributed by atoms with Gasteiger partial charge in [-0.3, -0.25) is 0 Å². The minimum atomic E-state index is -0.965. The Bertz CT molecular complexity index is 873. The number of carbonyl (C=O) groups is 1. The number of benzene rings is 1. The van der Waals surface area contributed by atoms with E-state index in [0.717, 1.165) is 26.8 Å². The molecule has 3 rings (SSSR count). The van der Waals surface area contributed by atoms with Crippen LogP contribution in [0.15, 0.2) is 24.3 Å². The first-order valence-corrected chi connectivity index (χ1v) is 8.72. The molecule has 8 heteroatoms. The molecule has 0 aliphatic carbocycles. The molecule has 0 amide bonds. The second kappa shape index (κ2) is 6.45. The van der Waals surface area contributed by atoms with E-state index in [2.05, 4.69) is 4.98 Å². The van der Waals surface area contributed by atoms with Crippen LogP contribution in [-0.2, 0) is 4.74 Å². The molecule has 0 bridgehead atoms. The third kappa shape index (κ3) is 3.25. The van der Waals surface area contributed by atoms with E-state index < -0.39 is 23.7 Å². The maximum Gasteiger partial charge on any atom is 0.349 e. The van der Waals surface area contributed by atoms with E-state index in [4.69, 9.17) is 4.74 Å². The van der Waals surface area contributed by atoms with Crippen LogP contribution in [0.3, 0.4) is 0 Å². The Hall–Kier alpha value is -2.06. The minimum absolute atomic E-state index is 0.397. The van der Waals surface area contributed by atoms with E-state index >= 15 is 0 Å². The first-order valence-electron chi connectivity index (χ1n) is 7.09. The number of carbonyl (C=O) groups excluding carboxylic acids is 1. The average molecular weight is 368 g/mol. The van der Waals surface area contributed by atoms with Crippen molar-refractivity contribution >= 4 is 43.3 Å². The van der Waals surface area contributed by atoms with Crippen LogP contribution >= 0.6 is 22.7 Å². The molecule has 126 valence electrons. The molecule has 2 heterocycles. The Kier molecular flexibility index (Phi) is 4.51. The lowest BCUT2D eigenvalue weighted by molar-refractivity contribution is 0.0343. The number of hydrogen-bond donors (Lipinski definition) is 0. The van der Waals surface area contributed by atoms with Crippen LogP contribution in [0, 0.1) is 11.6 Å². The van der Waals surface area contributed by atoms with E-state index in [0.29, 0.717) is 10.4 Å². The minimum Gasteiger partial charge on any atom is -0.454 e. The van der Waals surface area contributed by atoms with Gasteiger partial charge in [0.15, 0.2) is 16.8 Å². The van der Waals surface area contributed by atoms with Gasteiger partial charge in [-0.2, -0.15) is 0 Å². The van der Waals surface area contributed by atoms with Crippen molar-refractivity contribution in [1.29, 1.82) is 0 Å². The molecule has 0 aliphatic rings. The van der Waals surface area contributed by atoms with Crippen molar-refractivity contribution in [2.75, 3.05) is 19.0 Å². The zero-order valence-corrected chi connectivity index (χ0v) is 14.8. The van der Waals surface area contributed by atoms with Gasteiger partial charge in [0, 0.05) is 14.1 Å². The Morgan fingerprint density at radius 2 is 1.96 bits per heavy atom. The van der Waals surface area contributed by atoms with E-state index in [1.54, 1.807) is 13.0 Å². The molecule has 0 radical (unpaired) electrons. The van der Waals surface area contributed by atoms with Crippen LogP contribution in [0.5, 0.6) is 0 Å². The molecule has 3 aromatic rings. The van der Waals surface area contributed by atoms with Gasteiger partial charge in [0.05, 0.1) is 4.70 Å². The van der Waals surface area contributed by atoms with Crippen molar-refractivity contribution < 1.29 is 18.3 Å². The molecule has 0 N–H and O–H groups in total. The number of ether oxygens (including phenoxy) is 1. The molecule has 0 aliphatic heterocycles. The summed E-state index contributed by atoms with van der Waals surface area (Å²) in [6.45, 7) is 1.61. The molecule has 1 unspecified atom stereocenters. The smallest absolute Gasteiger partial charge is 0.349 e. The number of rotatable bonds is 4. The molecule has 0 fully saturated rings. The Labute approximate surface area is 145 Å². The van der Waals surface area contributed by atoms with Gasteiger partial charge in [-0.05, 0) is 30.7 Å². The number of esters is 1. The molecule has 24 heavy (non-hydrogen) atoms. The summed E-state index contributed by atoms with van der Waals surface area (Å²) in [5, 5.41) is 0.867. The summed E-state index contributed by atoms with van der Waals surface area (Å²) < 4.78 is 32.5. The third-order valence-corrected chi connectivity index (χ3v) is 5.67. The standard InChI is InChI=1S/C16H14F2N2O2S2/c1-8(9-4-5-10(17)11(18)6-9)22-15(21)13-7-12-14(23-13)19-16(24-12)20(2)3/h4-8H,1-3H3. The quantitative estimate of drug-likeness (QED) is 0.630. The highest BCUT2D eigenvalue weighted by Gasteiger charge is 2.19. The lowest BCUT2D eigenvalue weighted by Gasteiger charge is -2.13. The van der Waals surface area contributed by atoms with Crippen LogP contribution < -0.4 is 4.90 Å². The topological polar surface area (TPSA) is 42.4 Å². The van der Waals surface area contributed by atoms with Crippen molar-refractivity contribution in [2.45, 2.75) is 13.0 Å². The molecule has 0 spiro atoms. The first-order chi connectivity index (χ1) is 11.3. The monoisotopic (exact) mass is 368 g/mol. The SMILES string of the molecule is CC(OC(=O)c1cc2sc(N(C)C)nc2s1)c1ccc(F)c(F)c1. The van der Waals surface area contributed by atoms with Gasteiger partial charge in [-0.1, -0.05) is 17.4 Å².